The van der Waals surface area contributed by atoms with Crippen molar-refractivity contribution in [2.75, 3.05) is 13.1 Å². The van der Waals surface area contributed by atoms with Gasteiger partial charge in [0.1, 0.15) is 5.82 Å². The van der Waals surface area contributed by atoms with Crippen molar-refractivity contribution in [2.45, 2.75) is 32.4 Å². The van der Waals surface area contributed by atoms with Gasteiger partial charge in [-0.2, -0.15) is 0 Å². The Labute approximate surface area is 142 Å². The van der Waals surface area contributed by atoms with E-state index in [2.05, 4.69) is 40.0 Å². The molecule has 0 saturated heterocycles. The van der Waals surface area contributed by atoms with Crippen molar-refractivity contribution in [3.8, 4) is 0 Å². The molecular weight excluding hydrogens is 309 g/mol. The van der Waals surface area contributed by atoms with Crippen LogP contribution in [0.2, 0.25) is 0 Å². The molecule has 3 rings (SSSR count). The summed E-state index contributed by atoms with van der Waals surface area (Å²) >= 11 is 5.62. The number of nitrogens with zero attached hydrogens (tertiary/aromatic N) is 2. The number of fused-ring (bicyclic) bond motifs is 1. The molecule has 2 heterocycles. The second-order valence-corrected chi connectivity index (χ2v) is 6.25. The predicted molar refractivity (Wildman–Crippen MR) is 94.9 cm³/mol. The molecule has 0 spiro atoms. The molecule has 122 valence electrons. The molecule has 0 unspecified atom stereocenters. The summed E-state index contributed by atoms with van der Waals surface area (Å²) in [6.45, 7) is 4.82. The van der Waals surface area contributed by atoms with Crippen molar-refractivity contribution in [2.24, 2.45) is 0 Å². The zero-order valence-corrected chi connectivity index (χ0v) is 14.2. The molecular formula is C18H22FN3S. The fourth-order valence-electron chi connectivity index (χ4n) is 3.07. The third-order valence-electron chi connectivity index (χ3n) is 4.29. The first-order chi connectivity index (χ1) is 11.2. The summed E-state index contributed by atoms with van der Waals surface area (Å²) in [7, 11) is 0. The van der Waals surface area contributed by atoms with Gasteiger partial charge in [0.05, 0.1) is 6.04 Å². The minimum atomic E-state index is -0.213. The summed E-state index contributed by atoms with van der Waals surface area (Å²) in [5.74, 6) is -0.213. The van der Waals surface area contributed by atoms with Crippen molar-refractivity contribution >= 4 is 17.3 Å². The molecule has 5 heteroatoms. The van der Waals surface area contributed by atoms with Crippen LogP contribution < -0.4 is 5.32 Å². The van der Waals surface area contributed by atoms with Crippen molar-refractivity contribution in [3.05, 3.63) is 59.7 Å². The molecule has 0 aliphatic carbocycles. The van der Waals surface area contributed by atoms with Gasteiger partial charge in [-0.1, -0.05) is 25.5 Å². The van der Waals surface area contributed by atoms with Crippen LogP contribution in [0.25, 0.3) is 0 Å². The normalized spacial score (nSPS) is 17.0. The van der Waals surface area contributed by atoms with Gasteiger partial charge in [0.2, 0.25) is 0 Å². The molecule has 1 N–H and O–H groups in total. The Balaban J connectivity index is 1.89. The Kier molecular flexibility index (Phi) is 4.96. The lowest BCUT2D eigenvalue weighted by Gasteiger charge is -2.39. The van der Waals surface area contributed by atoms with Gasteiger partial charge in [0, 0.05) is 31.5 Å². The maximum Gasteiger partial charge on any atom is 0.169 e. The molecule has 0 fully saturated rings. The Morgan fingerprint density at radius 3 is 2.78 bits per heavy atom. The summed E-state index contributed by atoms with van der Waals surface area (Å²) < 4.78 is 15.5. The van der Waals surface area contributed by atoms with Crippen LogP contribution in [0.1, 0.15) is 37.1 Å². The Morgan fingerprint density at radius 1 is 1.26 bits per heavy atom. The quantitative estimate of drug-likeness (QED) is 0.681. The van der Waals surface area contributed by atoms with E-state index in [1.54, 1.807) is 0 Å². The summed E-state index contributed by atoms with van der Waals surface area (Å²) in [4.78, 5) is 2.22. The summed E-state index contributed by atoms with van der Waals surface area (Å²) in [6, 6.07) is 10.9. The number of halogens is 1. The van der Waals surface area contributed by atoms with Crippen LogP contribution >= 0.6 is 12.2 Å². The maximum atomic E-state index is 13.3. The van der Waals surface area contributed by atoms with E-state index in [0.717, 1.165) is 43.2 Å². The molecule has 0 bridgehead atoms. The minimum Gasteiger partial charge on any atom is -0.363 e. The number of unbranched alkanes of at least 4 members (excludes halogenated alkanes) is 1. The molecule has 3 nitrogen and oxygen atoms in total. The standard InChI is InChI=1S/C18H22FN3S/c1-2-3-10-20-18(23)22-13-12-21-11-4-5-16(21)17(22)14-6-8-15(19)9-7-14/h4-9,11,17H,2-3,10,12-13H2,1H3,(H,20,23)/t17-/m1/s1. The van der Waals surface area contributed by atoms with Crippen molar-refractivity contribution in [3.63, 3.8) is 0 Å². The first kappa shape index (κ1) is 16.0. The van der Waals surface area contributed by atoms with Crippen LogP contribution in [-0.2, 0) is 6.54 Å². The van der Waals surface area contributed by atoms with E-state index >= 15 is 0 Å². The number of aromatic nitrogens is 1. The van der Waals surface area contributed by atoms with Crippen molar-refractivity contribution in [1.82, 2.24) is 14.8 Å². The molecule has 0 amide bonds. The number of thiocarbonyl (C=S) groups is 1. The molecule has 2 aromatic rings. The Morgan fingerprint density at radius 2 is 2.04 bits per heavy atom. The second-order valence-electron chi connectivity index (χ2n) is 5.86. The van der Waals surface area contributed by atoms with E-state index in [9.17, 15) is 4.39 Å². The molecule has 1 aliphatic rings. The topological polar surface area (TPSA) is 20.2 Å². The highest BCUT2D eigenvalue weighted by Gasteiger charge is 2.30. The van der Waals surface area contributed by atoms with Gasteiger partial charge in [-0.05, 0) is 48.5 Å². The predicted octanol–water partition coefficient (Wildman–Crippen LogP) is 3.71. The van der Waals surface area contributed by atoms with Gasteiger partial charge in [0.15, 0.2) is 5.11 Å². The molecule has 1 atom stereocenters. The number of hydrogen-bond donors (Lipinski definition) is 1. The highest BCUT2D eigenvalue weighted by Crippen LogP contribution is 2.32. The fourth-order valence-corrected chi connectivity index (χ4v) is 3.37. The van der Waals surface area contributed by atoms with Crippen LogP contribution in [0.15, 0.2) is 42.6 Å². The lowest BCUT2D eigenvalue weighted by molar-refractivity contribution is 0.286. The Bertz CT molecular complexity index is 665. The van der Waals surface area contributed by atoms with Gasteiger partial charge in [-0.25, -0.2) is 4.39 Å². The van der Waals surface area contributed by atoms with E-state index < -0.39 is 0 Å². The van der Waals surface area contributed by atoms with Crippen LogP contribution in [0.4, 0.5) is 4.39 Å². The number of nitrogens with one attached hydrogen (secondary N) is 1. The summed E-state index contributed by atoms with van der Waals surface area (Å²) in [5.41, 5.74) is 2.26. The minimum absolute atomic E-state index is 0.0287. The van der Waals surface area contributed by atoms with E-state index in [-0.39, 0.29) is 11.9 Å². The van der Waals surface area contributed by atoms with E-state index in [1.807, 2.05) is 12.1 Å². The van der Waals surface area contributed by atoms with Gasteiger partial charge < -0.3 is 14.8 Å². The van der Waals surface area contributed by atoms with E-state index in [4.69, 9.17) is 12.2 Å². The van der Waals surface area contributed by atoms with Crippen molar-refractivity contribution < 1.29 is 4.39 Å². The third kappa shape index (κ3) is 3.39. The first-order valence-corrected chi connectivity index (χ1v) is 8.56. The Hall–Kier alpha value is -1.88. The molecule has 1 aromatic heterocycles. The van der Waals surface area contributed by atoms with Crippen molar-refractivity contribution in [1.29, 1.82) is 0 Å². The average Bonchev–Trinajstić information content (AvgIpc) is 3.03. The molecule has 0 radical (unpaired) electrons. The third-order valence-corrected chi connectivity index (χ3v) is 4.67. The second kappa shape index (κ2) is 7.13. The van der Waals surface area contributed by atoms with Crippen LogP contribution in [0.3, 0.4) is 0 Å². The fraction of sp³-hybridized carbons (Fsp3) is 0.389. The lowest BCUT2D eigenvalue weighted by Crippen LogP contribution is -2.47. The zero-order valence-electron chi connectivity index (χ0n) is 13.3. The highest BCUT2D eigenvalue weighted by atomic mass is 32.1. The molecule has 1 aromatic carbocycles. The summed E-state index contributed by atoms with van der Waals surface area (Å²) in [6.07, 6.45) is 4.34. The van der Waals surface area contributed by atoms with Gasteiger partial charge in [-0.15, -0.1) is 0 Å². The molecule has 0 saturated carbocycles. The first-order valence-electron chi connectivity index (χ1n) is 8.15. The van der Waals surface area contributed by atoms with E-state index in [0.29, 0.717) is 0 Å². The van der Waals surface area contributed by atoms with Gasteiger partial charge in [-0.3, -0.25) is 0 Å². The largest absolute Gasteiger partial charge is 0.363 e. The zero-order chi connectivity index (χ0) is 16.2. The van der Waals surface area contributed by atoms with Crippen LogP contribution in [0, 0.1) is 5.82 Å². The number of benzene rings is 1. The van der Waals surface area contributed by atoms with Gasteiger partial charge >= 0.3 is 0 Å². The number of rotatable bonds is 4. The van der Waals surface area contributed by atoms with Crippen LogP contribution in [-0.4, -0.2) is 27.7 Å². The number of hydrogen-bond acceptors (Lipinski definition) is 1. The smallest absolute Gasteiger partial charge is 0.169 e. The molecule has 23 heavy (non-hydrogen) atoms. The van der Waals surface area contributed by atoms with Crippen LogP contribution in [0.5, 0.6) is 0 Å². The van der Waals surface area contributed by atoms with E-state index in [1.165, 1.54) is 17.8 Å². The monoisotopic (exact) mass is 331 g/mol. The van der Waals surface area contributed by atoms with Gasteiger partial charge in [0.25, 0.3) is 0 Å². The lowest BCUT2D eigenvalue weighted by atomic mass is 10.0. The summed E-state index contributed by atoms with van der Waals surface area (Å²) in [5, 5.41) is 4.14. The SMILES string of the molecule is CCCCNC(=S)N1CCn2cccc2[C@H]1c1ccc(F)cc1. The maximum absolute atomic E-state index is 13.3. The molecule has 1 aliphatic heterocycles. The average molecular weight is 331 g/mol. The highest BCUT2D eigenvalue weighted by molar-refractivity contribution is 7.80.